The van der Waals surface area contributed by atoms with Gasteiger partial charge in [0.2, 0.25) is 0 Å². The number of para-hydroxylation sites is 2. The number of quaternary nitrogens is 1. The van der Waals surface area contributed by atoms with Crippen LogP contribution in [0.15, 0.2) is 42.5 Å². The van der Waals surface area contributed by atoms with Crippen molar-refractivity contribution >= 4 is 23.0 Å². The van der Waals surface area contributed by atoms with Crippen molar-refractivity contribution in [1.82, 2.24) is 5.32 Å². The third kappa shape index (κ3) is 4.94. The van der Waals surface area contributed by atoms with Gasteiger partial charge in [0.1, 0.15) is 11.8 Å². The van der Waals surface area contributed by atoms with Crippen LogP contribution in [-0.4, -0.2) is 32.9 Å². The van der Waals surface area contributed by atoms with E-state index in [1.165, 1.54) is 21.6 Å². The van der Waals surface area contributed by atoms with Crippen LogP contribution in [0.5, 0.6) is 5.75 Å². The van der Waals surface area contributed by atoms with Gasteiger partial charge < -0.3 is 20.3 Å². The lowest BCUT2D eigenvalue weighted by molar-refractivity contribution is -0.890. The summed E-state index contributed by atoms with van der Waals surface area (Å²) in [5.74, 6) is 0.907. The standard InChI is InChI=1S/C20H27N3OS/c1-14-9-8-10-15(2)19(14)22-20(25)21-13-17(23(3)4)16-11-6-7-12-18(16)24-5/h6-12,17H,13H2,1-5H3,(H2,21,22,25)/p+1/t17-/m1/s1. The van der Waals surface area contributed by atoms with Gasteiger partial charge in [-0.1, -0.05) is 30.3 Å². The van der Waals surface area contributed by atoms with Crippen molar-refractivity contribution in [2.75, 3.05) is 33.1 Å². The van der Waals surface area contributed by atoms with Gasteiger partial charge in [0.15, 0.2) is 5.11 Å². The van der Waals surface area contributed by atoms with E-state index in [4.69, 9.17) is 17.0 Å². The molecule has 0 heterocycles. The Balaban J connectivity index is 2.07. The highest BCUT2D eigenvalue weighted by molar-refractivity contribution is 7.80. The normalized spacial score (nSPS) is 11.9. The smallest absolute Gasteiger partial charge is 0.171 e. The van der Waals surface area contributed by atoms with Gasteiger partial charge in [0, 0.05) is 5.69 Å². The minimum Gasteiger partial charge on any atom is -0.496 e. The molecule has 5 heteroatoms. The van der Waals surface area contributed by atoms with Gasteiger partial charge in [0.05, 0.1) is 33.3 Å². The molecule has 0 bridgehead atoms. The van der Waals surface area contributed by atoms with Gasteiger partial charge in [-0.25, -0.2) is 0 Å². The number of benzene rings is 2. The highest BCUT2D eigenvalue weighted by atomic mass is 32.1. The molecule has 0 fully saturated rings. The van der Waals surface area contributed by atoms with Crippen molar-refractivity contribution in [1.29, 1.82) is 0 Å². The van der Waals surface area contributed by atoms with Gasteiger partial charge in [-0.05, 0) is 49.3 Å². The SMILES string of the molecule is COc1ccccc1[C@@H](CNC(=S)Nc1c(C)cccc1C)[NH+](C)C. The molecule has 0 spiro atoms. The fourth-order valence-electron chi connectivity index (χ4n) is 2.94. The molecule has 0 saturated heterocycles. The van der Waals surface area contributed by atoms with E-state index >= 15 is 0 Å². The highest BCUT2D eigenvalue weighted by Gasteiger charge is 2.21. The van der Waals surface area contributed by atoms with Crippen LogP contribution in [-0.2, 0) is 0 Å². The minimum atomic E-state index is 0.230. The van der Waals surface area contributed by atoms with Gasteiger partial charge >= 0.3 is 0 Å². The Kier molecular flexibility index (Phi) is 6.79. The van der Waals surface area contributed by atoms with Crippen molar-refractivity contribution in [3.63, 3.8) is 0 Å². The molecule has 4 nitrogen and oxygen atoms in total. The predicted octanol–water partition coefficient (Wildman–Crippen LogP) is 2.48. The van der Waals surface area contributed by atoms with Crippen molar-refractivity contribution < 1.29 is 9.64 Å². The predicted molar refractivity (Wildman–Crippen MR) is 109 cm³/mol. The summed E-state index contributed by atoms with van der Waals surface area (Å²) < 4.78 is 5.52. The second-order valence-electron chi connectivity index (χ2n) is 6.47. The fraction of sp³-hybridized carbons (Fsp3) is 0.350. The Labute approximate surface area is 156 Å². The number of rotatable bonds is 6. The molecule has 2 aromatic carbocycles. The summed E-state index contributed by atoms with van der Waals surface area (Å²) in [7, 11) is 5.99. The van der Waals surface area contributed by atoms with E-state index in [1.807, 2.05) is 18.2 Å². The third-order valence-corrected chi connectivity index (χ3v) is 4.64. The van der Waals surface area contributed by atoms with Crippen molar-refractivity contribution in [3.8, 4) is 5.75 Å². The van der Waals surface area contributed by atoms with E-state index in [2.05, 4.69) is 62.8 Å². The van der Waals surface area contributed by atoms with Crippen LogP contribution < -0.4 is 20.3 Å². The zero-order valence-electron chi connectivity index (χ0n) is 15.6. The Morgan fingerprint density at radius 2 is 1.72 bits per heavy atom. The average Bonchev–Trinajstić information content (AvgIpc) is 2.58. The van der Waals surface area contributed by atoms with E-state index in [9.17, 15) is 0 Å². The van der Waals surface area contributed by atoms with Crippen LogP contribution in [0.2, 0.25) is 0 Å². The van der Waals surface area contributed by atoms with Crippen LogP contribution in [0.4, 0.5) is 5.69 Å². The van der Waals surface area contributed by atoms with Crippen molar-refractivity contribution in [2.24, 2.45) is 0 Å². The maximum atomic E-state index is 5.52. The number of nitrogens with one attached hydrogen (secondary N) is 3. The number of hydrogen-bond acceptors (Lipinski definition) is 2. The molecule has 0 saturated carbocycles. The van der Waals surface area contributed by atoms with Crippen LogP contribution in [0.3, 0.4) is 0 Å². The molecule has 0 unspecified atom stereocenters. The van der Waals surface area contributed by atoms with Crippen LogP contribution >= 0.6 is 12.2 Å². The molecular formula is C20H28N3OS+. The summed E-state index contributed by atoms with van der Waals surface area (Å²) in [6.45, 7) is 4.89. The maximum Gasteiger partial charge on any atom is 0.171 e. The van der Waals surface area contributed by atoms with E-state index in [-0.39, 0.29) is 6.04 Å². The number of thiocarbonyl (C=S) groups is 1. The first-order valence-corrected chi connectivity index (χ1v) is 8.89. The first-order valence-electron chi connectivity index (χ1n) is 8.48. The van der Waals surface area contributed by atoms with Crippen molar-refractivity contribution in [2.45, 2.75) is 19.9 Å². The maximum absolute atomic E-state index is 5.52. The first-order chi connectivity index (χ1) is 11.9. The topological polar surface area (TPSA) is 37.7 Å². The molecule has 3 N–H and O–H groups in total. The number of methoxy groups -OCH3 is 1. The molecule has 1 atom stereocenters. The summed E-state index contributed by atoms with van der Waals surface area (Å²) in [5, 5.41) is 7.33. The van der Waals surface area contributed by atoms with Gasteiger partial charge in [-0.3, -0.25) is 0 Å². The molecule has 0 aliphatic heterocycles. The Bertz CT molecular complexity index is 710. The molecular weight excluding hydrogens is 330 g/mol. The number of likely N-dealkylation sites (N-methyl/N-ethyl adjacent to an activating group) is 1. The molecule has 2 aromatic rings. The number of aryl methyl sites for hydroxylation is 2. The van der Waals surface area contributed by atoms with Gasteiger partial charge in [-0.15, -0.1) is 0 Å². The van der Waals surface area contributed by atoms with Crippen LogP contribution in [0.25, 0.3) is 0 Å². The fourth-order valence-corrected chi connectivity index (χ4v) is 3.13. The molecule has 0 aliphatic carbocycles. The van der Waals surface area contributed by atoms with Crippen LogP contribution in [0.1, 0.15) is 22.7 Å². The monoisotopic (exact) mass is 358 g/mol. The molecule has 0 aromatic heterocycles. The lowest BCUT2D eigenvalue weighted by atomic mass is 10.0. The van der Waals surface area contributed by atoms with E-state index in [0.29, 0.717) is 5.11 Å². The average molecular weight is 359 g/mol. The second-order valence-corrected chi connectivity index (χ2v) is 6.88. The van der Waals surface area contributed by atoms with Crippen molar-refractivity contribution in [3.05, 3.63) is 59.2 Å². The zero-order chi connectivity index (χ0) is 18.4. The number of hydrogen-bond donors (Lipinski definition) is 3. The molecule has 2 rings (SSSR count). The number of ether oxygens (including phenoxy) is 1. The molecule has 25 heavy (non-hydrogen) atoms. The second kappa shape index (κ2) is 8.83. The first kappa shape index (κ1) is 19.2. The summed E-state index contributed by atoms with van der Waals surface area (Å²) >= 11 is 5.51. The lowest BCUT2D eigenvalue weighted by Gasteiger charge is -2.24. The van der Waals surface area contributed by atoms with E-state index in [0.717, 1.165) is 18.0 Å². The Hall–Kier alpha value is -2.11. The highest BCUT2D eigenvalue weighted by Crippen LogP contribution is 2.23. The van der Waals surface area contributed by atoms with E-state index < -0.39 is 0 Å². The summed E-state index contributed by atoms with van der Waals surface area (Å²) in [4.78, 5) is 1.31. The van der Waals surface area contributed by atoms with Crippen LogP contribution in [0, 0.1) is 13.8 Å². The van der Waals surface area contributed by atoms with Gasteiger partial charge in [-0.2, -0.15) is 0 Å². The Morgan fingerprint density at radius 3 is 2.32 bits per heavy atom. The number of anilines is 1. The van der Waals surface area contributed by atoms with E-state index in [1.54, 1.807) is 7.11 Å². The lowest BCUT2D eigenvalue weighted by Crippen LogP contribution is -3.07. The molecule has 134 valence electrons. The minimum absolute atomic E-state index is 0.230. The summed E-state index contributed by atoms with van der Waals surface area (Å²) in [6, 6.07) is 14.6. The zero-order valence-corrected chi connectivity index (χ0v) is 16.5. The summed E-state index contributed by atoms with van der Waals surface area (Å²) in [5.41, 5.74) is 4.62. The molecule has 0 aliphatic rings. The quantitative estimate of drug-likeness (QED) is 0.694. The third-order valence-electron chi connectivity index (χ3n) is 4.40. The molecule has 0 amide bonds. The Morgan fingerprint density at radius 1 is 1.08 bits per heavy atom. The molecule has 0 radical (unpaired) electrons. The summed E-state index contributed by atoms with van der Waals surface area (Å²) in [6.07, 6.45) is 0. The van der Waals surface area contributed by atoms with Gasteiger partial charge in [0.25, 0.3) is 0 Å². The largest absolute Gasteiger partial charge is 0.496 e.